The van der Waals surface area contributed by atoms with Gasteiger partial charge in [0.25, 0.3) is 11.8 Å². The Morgan fingerprint density at radius 1 is 0.865 bits per heavy atom. The monoisotopic (exact) mass is 490 g/mol. The quantitative estimate of drug-likeness (QED) is 0.399. The van der Waals surface area contributed by atoms with E-state index in [0.717, 1.165) is 28.2 Å². The molecule has 7 nitrogen and oxygen atoms in total. The van der Waals surface area contributed by atoms with E-state index in [1.165, 1.54) is 0 Å². The Morgan fingerprint density at radius 3 is 2.19 bits per heavy atom. The van der Waals surface area contributed by atoms with Crippen molar-refractivity contribution < 1.29 is 14.3 Å². The van der Waals surface area contributed by atoms with Gasteiger partial charge in [-0.05, 0) is 43.7 Å². The molecular weight excluding hydrogens is 464 g/mol. The minimum atomic E-state index is -0.943. The normalized spacial score (nSPS) is 20.4. The minimum Gasteiger partial charge on any atom is -0.447 e. The molecule has 1 fully saturated rings. The molecular formula is C30H26N4O3. The van der Waals surface area contributed by atoms with Crippen LogP contribution >= 0.6 is 0 Å². The molecule has 0 spiro atoms. The topological polar surface area (TPSA) is 75.6 Å². The first-order valence-corrected chi connectivity index (χ1v) is 12.3. The van der Waals surface area contributed by atoms with Gasteiger partial charge in [0.2, 0.25) is 6.10 Å². The van der Waals surface area contributed by atoms with Gasteiger partial charge in [-0.25, -0.2) is 9.97 Å². The largest absolute Gasteiger partial charge is 0.447 e. The second kappa shape index (κ2) is 8.85. The first-order valence-electron chi connectivity index (χ1n) is 12.3. The van der Waals surface area contributed by atoms with Crippen LogP contribution in [0.2, 0.25) is 0 Å². The fourth-order valence-electron chi connectivity index (χ4n) is 5.58. The van der Waals surface area contributed by atoms with E-state index in [-0.39, 0.29) is 17.8 Å². The van der Waals surface area contributed by atoms with Gasteiger partial charge in [-0.15, -0.1) is 0 Å². The molecule has 0 saturated carbocycles. The Kier molecular flexibility index (Phi) is 5.48. The molecule has 0 unspecified atom stereocenters. The van der Waals surface area contributed by atoms with Crippen molar-refractivity contribution in [2.75, 3.05) is 18.0 Å². The van der Waals surface area contributed by atoms with E-state index >= 15 is 0 Å². The van der Waals surface area contributed by atoms with Gasteiger partial charge < -0.3 is 14.5 Å². The van der Waals surface area contributed by atoms with Crippen LogP contribution in [0.25, 0.3) is 0 Å². The number of amides is 2. The zero-order valence-corrected chi connectivity index (χ0v) is 20.7. The number of fused-ring (bicyclic) bond motifs is 3. The molecule has 3 aromatic carbocycles. The summed E-state index contributed by atoms with van der Waals surface area (Å²) in [4.78, 5) is 39.9. The van der Waals surface area contributed by atoms with Gasteiger partial charge in [0.05, 0.1) is 5.69 Å². The number of ether oxygens (including phenoxy) is 1. The van der Waals surface area contributed by atoms with Crippen molar-refractivity contribution in [1.82, 2.24) is 14.9 Å². The molecule has 0 bridgehead atoms. The highest BCUT2D eigenvalue weighted by atomic mass is 16.5. The summed E-state index contributed by atoms with van der Waals surface area (Å²) in [6.07, 6.45) is -0.885. The third-order valence-corrected chi connectivity index (χ3v) is 7.11. The SMILES string of the molecule is Cc1cc(C)nc(O[C@@H]2C(=O)N3CCN(C(=O)c4ccccc4)c4ccccc4[C@]23c2ccccc2)n1. The van der Waals surface area contributed by atoms with Crippen molar-refractivity contribution in [2.24, 2.45) is 0 Å². The smallest absolute Gasteiger partial charge is 0.317 e. The second-order valence-corrected chi connectivity index (χ2v) is 9.39. The molecule has 1 aromatic heterocycles. The Morgan fingerprint density at radius 2 is 1.49 bits per heavy atom. The van der Waals surface area contributed by atoms with Crippen LogP contribution in [-0.4, -0.2) is 45.9 Å². The van der Waals surface area contributed by atoms with E-state index in [1.807, 2.05) is 110 Å². The Balaban J connectivity index is 1.53. The van der Waals surface area contributed by atoms with E-state index in [0.29, 0.717) is 18.7 Å². The Bertz CT molecular complexity index is 1470. The van der Waals surface area contributed by atoms with E-state index in [4.69, 9.17) is 4.74 Å². The highest BCUT2D eigenvalue weighted by Crippen LogP contribution is 2.52. The Hall–Kier alpha value is -4.52. The van der Waals surface area contributed by atoms with Gasteiger partial charge in [-0.1, -0.05) is 66.7 Å². The zero-order valence-electron chi connectivity index (χ0n) is 20.7. The van der Waals surface area contributed by atoms with Crippen molar-refractivity contribution in [2.45, 2.75) is 25.5 Å². The third-order valence-electron chi connectivity index (χ3n) is 7.11. The standard InChI is InChI=1S/C30H26N4O3/c1-20-19-21(2)32-29(31-20)37-26-28(36)34-18-17-33(27(35)22-11-5-3-6-12-22)25-16-10-9-15-24(25)30(26,34)23-13-7-4-8-14-23/h3-16,19,26H,17-18H2,1-2H3/t26-,30-/m1/s1. The van der Waals surface area contributed by atoms with Crippen molar-refractivity contribution in [3.8, 4) is 6.01 Å². The van der Waals surface area contributed by atoms with Crippen LogP contribution in [0.3, 0.4) is 0 Å². The van der Waals surface area contributed by atoms with Crippen LogP contribution in [0.5, 0.6) is 6.01 Å². The van der Waals surface area contributed by atoms with E-state index in [2.05, 4.69) is 9.97 Å². The Labute approximate surface area is 215 Å². The van der Waals surface area contributed by atoms with Crippen molar-refractivity contribution in [1.29, 1.82) is 0 Å². The summed E-state index contributed by atoms with van der Waals surface area (Å²) in [5.74, 6) is -0.267. The van der Waals surface area contributed by atoms with Crippen LogP contribution in [0, 0.1) is 13.8 Å². The van der Waals surface area contributed by atoms with Gasteiger partial charge in [-0.2, -0.15) is 0 Å². The van der Waals surface area contributed by atoms with Crippen molar-refractivity contribution in [3.63, 3.8) is 0 Å². The van der Waals surface area contributed by atoms with Crippen LogP contribution < -0.4 is 9.64 Å². The average molecular weight is 491 g/mol. The van der Waals surface area contributed by atoms with E-state index < -0.39 is 11.6 Å². The molecule has 0 radical (unpaired) electrons. The molecule has 2 aliphatic heterocycles. The molecule has 4 aromatic rings. The minimum absolute atomic E-state index is 0.110. The van der Waals surface area contributed by atoms with Crippen LogP contribution in [-0.2, 0) is 10.3 Å². The highest BCUT2D eigenvalue weighted by molar-refractivity contribution is 6.07. The molecule has 0 N–H and O–H groups in total. The number of β-lactam (4-membered cyclic amide) rings is 1. The molecule has 6 rings (SSSR count). The maximum Gasteiger partial charge on any atom is 0.317 e. The van der Waals surface area contributed by atoms with Crippen LogP contribution in [0.4, 0.5) is 5.69 Å². The first kappa shape index (κ1) is 22.9. The molecule has 3 heterocycles. The number of anilines is 1. The summed E-state index contributed by atoms with van der Waals surface area (Å²) < 4.78 is 6.33. The maximum absolute atomic E-state index is 13.7. The number of para-hydroxylation sites is 1. The van der Waals surface area contributed by atoms with Gasteiger partial charge in [-0.3, -0.25) is 9.59 Å². The van der Waals surface area contributed by atoms with Crippen molar-refractivity contribution >= 4 is 17.5 Å². The van der Waals surface area contributed by atoms with Gasteiger partial charge in [0.15, 0.2) is 0 Å². The van der Waals surface area contributed by atoms with Gasteiger partial charge >= 0.3 is 6.01 Å². The molecule has 1 saturated heterocycles. The lowest BCUT2D eigenvalue weighted by atomic mass is 9.69. The van der Waals surface area contributed by atoms with Crippen molar-refractivity contribution in [3.05, 3.63) is 119 Å². The third kappa shape index (κ3) is 3.57. The summed E-state index contributed by atoms with van der Waals surface area (Å²) in [6, 6.07) is 28.9. The number of aryl methyl sites for hydroxylation is 2. The number of carbonyl (C=O) groups is 2. The van der Waals surface area contributed by atoms with Crippen LogP contribution in [0.15, 0.2) is 91.0 Å². The number of benzene rings is 3. The lowest BCUT2D eigenvalue weighted by Crippen LogP contribution is -2.74. The molecule has 184 valence electrons. The summed E-state index contributed by atoms with van der Waals surface area (Å²) in [5.41, 5.74) is 3.67. The molecule has 37 heavy (non-hydrogen) atoms. The maximum atomic E-state index is 13.7. The fourth-order valence-corrected chi connectivity index (χ4v) is 5.58. The summed E-state index contributed by atoms with van der Waals surface area (Å²) in [5, 5.41) is 0. The van der Waals surface area contributed by atoms with Gasteiger partial charge in [0, 0.05) is 35.6 Å². The number of carbonyl (C=O) groups excluding carboxylic acids is 2. The van der Waals surface area contributed by atoms with Gasteiger partial charge in [0.1, 0.15) is 5.54 Å². The zero-order chi connectivity index (χ0) is 25.6. The molecule has 2 aliphatic rings. The number of rotatable bonds is 4. The summed E-state index contributed by atoms with van der Waals surface area (Å²) in [7, 11) is 0. The number of aromatic nitrogens is 2. The number of nitrogens with zero attached hydrogens (tertiary/aromatic N) is 4. The lowest BCUT2D eigenvalue weighted by molar-refractivity contribution is -0.176. The number of hydrogen-bond donors (Lipinski definition) is 0. The van der Waals surface area contributed by atoms with Crippen LogP contribution in [0.1, 0.15) is 32.9 Å². The molecule has 2 amide bonds. The molecule has 7 heteroatoms. The molecule has 2 atom stereocenters. The first-order chi connectivity index (χ1) is 18.0. The number of hydrogen-bond acceptors (Lipinski definition) is 5. The van der Waals surface area contributed by atoms with E-state index in [9.17, 15) is 9.59 Å². The average Bonchev–Trinajstić information content (AvgIpc) is 3.05. The summed E-state index contributed by atoms with van der Waals surface area (Å²) in [6.45, 7) is 4.46. The summed E-state index contributed by atoms with van der Waals surface area (Å²) >= 11 is 0. The highest BCUT2D eigenvalue weighted by Gasteiger charge is 2.66. The fraction of sp³-hybridized carbons (Fsp3) is 0.200. The molecule has 0 aliphatic carbocycles. The second-order valence-electron chi connectivity index (χ2n) is 9.39. The predicted octanol–water partition coefficient (Wildman–Crippen LogP) is 4.29. The predicted molar refractivity (Wildman–Crippen MR) is 139 cm³/mol. The lowest BCUT2D eigenvalue weighted by Gasteiger charge is -2.56. The van der Waals surface area contributed by atoms with E-state index in [1.54, 1.807) is 4.90 Å².